The SMILES string of the molecule is CCCn1cncc1-c1nc(C)c(C(C)NC)s1. The third kappa shape index (κ3) is 2.47. The van der Waals surface area contributed by atoms with Gasteiger partial charge in [-0.05, 0) is 27.3 Å². The van der Waals surface area contributed by atoms with Gasteiger partial charge in [-0.3, -0.25) is 0 Å². The van der Waals surface area contributed by atoms with Crippen LogP contribution in [0.5, 0.6) is 0 Å². The predicted octanol–water partition coefficient (Wildman–Crippen LogP) is 3.01. The summed E-state index contributed by atoms with van der Waals surface area (Å²) in [5, 5.41) is 4.33. The zero-order valence-corrected chi connectivity index (χ0v) is 12.2. The first-order valence-electron chi connectivity index (χ1n) is 6.32. The number of nitrogens with zero attached hydrogens (tertiary/aromatic N) is 3. The summed E-state index contributed by atoms with van der Waals surface area (Å²) >= 11 is 1.76. The lowest BCUT2D eigenvalue weighted by atomic mass is 10.2. The van der Waals surface area contributed by atoms with Crippen molar-refractivity contribution < 1.29 is 0 Å². The van der Waals surface area contributed by atoms with Gasteiger partial charge in [-0.25, -0.2) is 9.97 Å². The molecule has 0 saturated carbocycles. The summed E-state index contributed by atoms with van der Waals surface area (Å²) in [5.74, 6) is 0. The Morgan fingerprint density at radius 3 is 2.94 bits per heavy atom. The molecule has 0 amide bonds. The quantitative estimate of drug-likeness (QED) is 0.902. The monoisotopic (exact) mass is 264 g/mol. The topological polar surface area (TPSA) is 42.7 Å². The van der Waals surface area contributed by atoms with Crippen LogP contribution in [0, 0.1) is 6.92 Å². The number of nitrogens with one attached hydrogen (secondary N) is 1. The number of rotatable bonds is 5. The fourth-order valence-electron chi connectivity index (χ4n) is 1.97. The highest BCUT2D eigenvalue weighted by Gasteiger charge is 2.16. The third-order valence-electron chi connectivity index (χ3n) is 3.05. The molecule has 1 unspecified atom stereocenters. The van der Waals surface area contributed by atoms with Gasteiger partial charge in [0.2, 0.25) is 0 Å². The summed E-state index contributed by atoms with van der Waals surface area (Å²) in [6.45, 7) is 7.40. The number of hydrogen-bond donors (Lipinski definition) is 1. The van der Waals surface area contributed by atoms with E-state index >= 15 is 0 Å². The minimum absolute atomic E-state index is 0.346. The third-order valence-corrected chi connectivity index (χ3v) is 4.42. The van der Waals surface area contributed by atoms with E-state index in [-0.39, 0.29) is 0 Å². The average Bonchev–Trinajstić information content (AvgIpc) is 2.95. The first-order valence-corrected chi connectivity index (χ1v) is 7.14. The standard InChI is InChI=1S/C13H20N4S/c1-5-6-17-8-15-7-11(17)13-16-10(3)12(18-13)9(2)14-4/h7-9,14H,5-6H2,1-4H3. The van der Waals surface area contributed by atoms with Gasteiger partial charge in [0.25, 0.3) is 0 Å². The molecule has 4 nitrogen and oxygen atoms in total. The van der Waals surface area contributed by atoms with E-state index in [0.29, 0.717) is 6.04 Å². The van der Waals surface area contributed by atoms with Gasteiger partial charge in [-0.15, -0.1) is 11.3 Å². The molecule has 5 heteroatoms. The van der Waals surface area contributed by atoms with Crippen LogP contribution in [0.25, 0.3) is 10.7 Å². The number of hydrogen-bond acceptors (Lipinski definition) is 4. The van der Waals surface area contributed by atoms with Crippen LogP contribution >= 0.6 is 11.3 Å². The molecule has 2 rings (SSSR count). The molecule has 98 valence electrons. The predicted molar refractivity (Wildman–Crippen MR) is 75.8 cm³/mol. The summed E-state index contributed by atoms with van der Waals surface area (Å²) in [4.78, 5) is 10.2. The largest absolute Gasteiger partial charge is 0.329 e. The van der Waals surface area contributed by atoms with Crippen LogP contribution in [0.15, 0.2) is 12.5 Å². The molecule has 1 atom stereocenters. The highest BCUT2D eigenvalue weighted by molar-refractivity contribution is 7.15. The number of imidazole rings is 1. The molecule has 2 aromatic rings. The Kier molecular flexibility index (Phi) is 4.14. The van der Waals surface area contributed by atoms with Crippen molar-refractivity contribution in [2.24, 2.45) is 0 Å². The summed E-state index contributed by atoms with van der Waals surface area (Å²) in [7, 11) is 1.98. The Morgan fingerprint density at radius 1 is 1.50 bits per heavy atom. The van der Waals surface area contributed by atoms with Crippen molar-refractivity contribution in [2.75, 3.05) is 7.05 Å². The lowest BCUT2D eigenvalue weighted by molar-refractivity contribution is 0.658. The van der Waals surface area contributed by atoms with Gasteiger partial charge in [0.1, 0.15) is 5.01 Å². The number of thiazole rings is 1. The molecule has 0 radical (unpaired) electrons. The first-order chi connectivity index (χ1) is 8.67. The molecule has 2 aromatic heterocycles. The van der Waals surface area contributed by atoms with Gasteiger partial charge in [0.15, 0.2) is 0 Å². The van der Waals surface area contributed by atoms with Crippen molar-refractivity contribution >= 4 is 11.3 Å². The summed E-state index contributed by atoms with van der Waals surface area (Å²) in [5.41, 5.74) is 2.24. The maximum absolute atomic E-state index is 4.68. The van der Waals surface area contributed by atoms with Crippen molar-refractivity contribution in [1.82, 2.24) is 19.9 Å². The van der Waals surface area contributed by atoms with E-state index in [1.165, 1.54) is 4.88 Å². The Hall–Kier alpha value is -1.20. The van der Waals surface area contributed by atoms with E-state index < -0.39 is 0 Å². The lowest BCUT2D eigenvalue weighted by Crippen LogP contribution is -2.11. The maximum atomic E-state index is 4.68. The Labute approximate surface area is 112 Å². The summed E-state index contributed by atoms with van der Waals surface area (Å²) in [6, 6.07) is 0.346. The van der Waals surface area contributed by atoms with Crippen molar-refractivity contribution in [1.29, 1.82) is 0 Å². The number of aryl methyl sites for hydroxylation is 2. The van der Waals surface area contributed by atoms with Crippen LogP contribution in [0.4, 0.5) is 0 Å². The zero-order chi connectivity index (χ0) is 13.1. The van der Waals surface area contributed by atoms with Gasteiger partial charge >= 0.3 is 0 Å². The van der Waals surface area contributed by atoms with E-state index in [4.69, 9.17) is 0 Å². The van der Waals surface area contributed by atoms with Crippen LogP contribution in [0.3, 0.4) is 0 Å². The molecular weight excluding hydrogens is 244 g/mol. The molecule has 0 aromatic carbocycles. The van der Waals surface area contributed by atoms with Gasteiger partial charge in [0.05, 0.1) is 23.9 Å². The van der Waals surface area contributed by atoms with Crippen LogP contribution in [0.2, 0.25) is 0 Å². The number of aromatic nitrogens is 3. The van der Waals surface area contributed by atoms with Crippen LogP contribution in [-0.2, 0) is 6.54 Å². The lowest BCUT2D eigenvalue weighted by Gasteiger charge is -2.07. The van der Waals surface area contributed by atoms with Gasteiger partial charge < -0.3 is 9.88 Å². The highest BCUT2D eigenvalue weighted by Crippen LogP contribution is 2.31. The molecule has 0 fully saturated rings. The van der Waals surface area contributed by atoms with Crippen molar-refractivity contribution in [3.05, 3.63) is 23.1 Å². The van der Waals surface area contributed by atoms with E-state index in [2.05, 4.69) is 40.6 Å². The summed E-state index contributed by atoms with van der Waals surface area (Å²) in [6.07, 6.45) is 4.89. The van der Waals surface area contributed by atoms with E-state index in [9.17, 15) is 0 Å². The molecule has 2 heterocycles. The second-order valence-corrected chi connectivity index (χ2v) is 5.48. The minimum atomic E-state index is 0.346. The van der Waals surface area contributed by atoms with Crippen LogP contribution in [0.1, 0.15) is 36.9 Å². The Morgan fingerprint density at radius 2 is 2.28 bits per heavy atom. The maximum Gasteiger partial charge on any atom is 0.142 e. The van der Waals surface area contributed by atoms with E-state index in [1.54, 1.807) is 11.3 Å². The average molecular weight is 264 g/mol. The fourth-order valence-corrected chi connectivity index (χ4v) is 3.12. The van der Waals surface area contributed by atoms with Crippen LogP contribution < -0.4 is 5.32 Å². The van der Waals surface area contributed by atoms with Gasteiger partial charge in [0, 0.05) is 17.5 Å². The summed E-state index contributed by atoms with van der Waals surface area (Å²) < 4.78 is 2.17. The molecule has 18 heavy (non-hydrogen) atoms. The van der Waals surface area contributed by atoms with Crippen molar-refractivity contribution in [2.45, 2.75) is 39.8 Å². The highest BCUT2D eigenvalue weighted by atomic mass is 32.1. The molecule has 0 aliphatic rings. The van der Waals surface area contributed by atoms with Crippen molar-refractivity contribution in [3.8, 4) is 10.7 Å². The van der Waals surface area contributed by atoms with E-state index in [1.807, 2.05) is 19.6 Å². The van der Waals surface area contributed by atoms with Gasteiger partial charge in [-0.2, -0.15) is 0 Å². The van der Waals surface area contributed by atoms with Crippen LogP contribution in [-0.4, -0.2) is 21.6 Å². The Bertz CT molecular complexity index is 515. The molecule has 0 spiro atoms. The smallest absolute Gasteiger partial charge is 0.142 e. The zero-order valence-electron chi connectivity index (χ0n) is 11.4. The molecule has 0 aliphatic heterocycles. The molecular formula is C13H20N4S. The molecule has 1 N–H and O–H groups in total. The fraction of sp³-hybridized carbons (Fsp3) is 0.538. The molecule has 0 aliphatic carbocycles. The first kappa shape index (κ1) is 13.2. The minimum Gasteiger partial charge on any atom is -0.329 e. The molecule has 0 bridgehead atoms. The van der Waals surface area contributed by atoms with E-state index in [0.717, 1.165) is 29.4 Å². The second-order valence-electron chi connectivity index (χ2n) is 4.45. The van der Waals surface area contributed by atoms with Gasteiger partial charge in [-0.1, -0.05) is 6.92 Å². The molecule has 0 saturated heterocycles. The van der Waals surface area contributed by atoms with Crippen molar-refractivity contribution in [3.63, 3.8) is 0 Å². The normalized spacial score (nSPS) is 12.9. The Balaban J connectivity index is 2.36. The second kappa shape index (κ2) is 5.63.